The first-order valence-electron chi connectivity index (χ1n) is 5.15. The summed E-state index contributed by atoms with van der Waals surface area (Å²) < 4.78 is 6.81. The van der Waals surface area contributed by atoms with Crippen molar-refractivity contribution >= 4 is 27.3 Å². The number of hydrogen-bond acceptors (Lipinski definition) is 4. The number of fused-ring (bicyclic) bond motifs is 3. The van der Waals surface area contributed by atoms with Crippen LogP contribution < -0.4 is 10.3 Å². The Labute approximate surface area is 101 Å². The third-order valence-corrected chi connectivity index (χ3v) is 3.67. The minimum Gasteiger partial charge on any atom is -0.497 e. The number of ether oxygens (including phenoxy) is 1. The first-order chi connectivity index (χ1) is 8.20. The van der Waals surface area contributed by atoms with Crippen molar-refractivity contribution in [3.8, 4) is 5.75 Å². The van der Waals surface area contributed by atoms with Crippen LogP contribution in [0.5, 0.6) is 5.75 Å². The van der Waals surface area contributed by atoms with Crippen LogP contribution >= 0.6 is 11.3 Å². The number of rotatable bonds is 1. The molecule has 0 aliphatic rings. The van der Waals surface area contributed by atoms with Crippen molar-refractivity contribution in [1.29, 1.82) is 0 Å². The standard InChI is InChI=1S/C12H10N2O2S/c1-7-6-17-12-13-9-4-3-8(16-2)5-10(9)14(12)11(7)15/h3-6H,1-2H3. The maximum Gasteiger partial charge on any atom is 0.261 e. The number of hydrogen-bond donors (Lipinski definition) is 0. The lowest BCUT2D eigenvalue weighted by molar-refractivity contribution is 0.415. The highest BCUT2D eigenvalue weighted by atomic mass is 32.1. The molecule has 3 aromatic rings. The van der Waals surface area contributed by atoms with E-state index in [9.17, 15) is 4.79 Å². The largest absolute Gasteiger partial charge is 0.497 e. The van der Waals surface area contributed by atoms with E-state index in [-0.39, 0.29) is 5.56 Å². The number of methoxy groups -OCH3 is 1. The molecule has 0 aliphatic carbocycles. The van der Waals surface area contributed by atoms with Crippen LogP contribution in [0.1, 0.15) is 5.56 Å². The molecule has 0 radical (unpaired) electrons. The molecule has 2 aromatic heterocycles. The van der Waals surface area contributed by atoms with E-state index in [1.54, 1.807) is 11.5 Å². The van der Waals surface area contributed by atoms with Crippen molar-refractivity contribution in [1.82, 2.24) is 9.38 Å². The van der Waals surface area contributed by atoms with E-state index < -0.39 is 0 Å². The zero-order valence-corrected chi connectivity index (χ0v) is 10.2. The molecule has 0 N–H and O–H groups in total. The molecule has 1 aromatic carbocycles. The first-order valence-corrected chi connectivity index (χ1v) is 6.03. The SMILES string of the molecule is COc1ccc2nc3scc(C)c(=O)n3c2c1. The maximum atomic E-state index is 12.1. The van der Waals surface area contributed by atoms with Crippen molar-refractivity contribution in [2.45, 2.75) is 6.92 Å². The van der Waals surface area contributed by atoms with Crippen LogP contribution in [0.15, 0.2) is 28.4 Å². The van der Waals surface area contributed by atoms with E-state index in [4.69, 9.17) is 4.74 Å². The van der Waals surface area contributed by atoms with Crippen LogP contribution in [0.2, 0.25) is 0 Å². The predicted octanol–water partition coefficient (Wildman–Crippen LogP) is 2.23. The fourth-order valence-electron chi connectivity index (χ4n) is 1.80. The third kappa shape index (κ3) is 1.43. The second-order valence-corrected chi connectivity index (χ2v) is 4.64. The van der Waals surface area contributed by atoms with Gasteiger partial charge >= 0.3 is 0 Å². The van der Waals surface area contributed by atoms with Gasteiger partial charge in [-0.25, -0.2) is 9.38 Å². The van der Waals surface area contributed by atoms with E-state index in [1.165, 1.54) is 11.3 Å². The zero-order valence-electron chi connectivity index (χ0n) is 9.43. The fraction of sp³-hybridized carbons (Fsp3) is 0.167. The molecule has 0 atom stereocenters. The summed E-state index contributed by atoms with van der Waals surface area (Å²) in [5, 5.41) is 1.83. The van der Waals surface area contributed by atoms with Gasteiger partial charge in [0.25, 0.3) is 5.56 Å². The van der Waals surface area contributed by atoms with Gasteiger partial charge in [-0.15, -0.1) is 11.3 Å². The Hall–Kier alpha value is -1.88. The smallest absolute Gasteiger partial charge is 0.261 e. The van der Waals surface area contributed by atoms with Crippen LogP contribution in [0.25, 0.3) is 16.0 Å². The number of benzene rings is 1. The molecular formula is C12H10N2O2S. The predicted molar refractivity (Wildman–Crippen MR) is 68.1 cm³/mol. The van der Waals surface area contributed by atoms with Gasteiger partial charge in [0, 0.05) is 17.0 Å². The van der Waals surface area contributed by atoms with E-state index in [0.29, 0.717) is 4.96 Å². The topological polar surface area (TPSA) is 43.6 Å². The van der Waals surface area contributed by atoms with Crippen LogP contribution in [0, 0.1) is 6.92 Å². The molecule has 0 fully saturated rings. The monoisotopic (exact) mass is 246 g/mol. The van der Waals surface area contributed by atoms with Crippen molar-refractivity contribution in [2.24, 2.45) is 0 Å². The Kier molecular flexibility index (Phi) is 2.16. The Morgan fingerprint density at radius 2 is 2.24 bits per heavy atom. The second-order valence-electron chi connectivity index (χ2n) is 3.81. The Morgan fingerprint density at radius 3 is 3.00 bits per heavy atom. The average Bonchev–Trinajstić information content (AvgIpc) is 2.71. The lowest BCUT2D eigenvalue weighted by Crippen LogP contribution is -2.13. The number of nitrogens with zero attached hydrogens (tertiary/aromatic N) is 2. The summed E-state index contributed by atoms with van der Waals surface area (Å²) in [5.41, 5.74) is 2.31. The van der Waals surface area contributed by atoms with E-state index >= 15 is 0 Å². The van der Waals surface area contributed by atoms with Gasteiger partial charge in [0.05, 0.1) is 18.1 Å². The van der Waals surface area contributed by atoms with Crippen molar-refractivity contribution in [3.63, 3.8) is 0 Å². The van der Waals surface area contributed by atoms with E-state index in [1.807, 2.05) is 30.5 Å². The molecule has 2 heterocycles. The van der Waals surface area contributed by atoms with Gasteiger partial charge in [-0.1, -0.05) is 0 Å². The summed E-state index contributed by atoms with van der Waals surface area (Å²) in [6.07, 6.45) is 0. The van der Waals surface area contributed by atoms with E-state index in [2.05, 4.69) is 4.98 Å². The molecule has 0 bridgehead atoms. The van der Waals surface area contributed by atoms with Gasteiger partial charge in [-0.05, 0) is 19.1 Å². The number of aromatic nitrogens is 2. The molecule has 4 nitrogen and oxygen atoms in total. The minimum absolute atomic E-state index is 0.0190. The normalized spacial score (nSPS) is 11.2. The molecule has 86 valence electrons. The van der Waals surface area contributed by atoms with Gasteiger partial charge in [0.2, 0.25) is 0 Å². The molecule has 0 saturated heterocycles. The molecule has 0 aliphatic heterocycles. The maximum absolute atomic E-state index is 12.1. The van der Waals surface area contributed by atoms with Crippen molar-refractivity contribution < 1.29 is 4.74 Å². The molecular weight excluding hydrogens is 236 g/mol. The number of imidazole rings is 1. The summed E-state index contributed by atoms with van der Waals surface area (Å²) in [7, 11) is 1.61. The first kappa shape index (κ1) is 10.3. The molecule has 3 rings (SSSR count). The average molecular weight is 246 g/mol. The molecule has 0 saturated carbocycles. The summed E-state index contributed by atoms with van der Waals surface area (Å²) in [6.45, 7) is 1.81. The van der Waals surface area contributed by atoms with Crippen LogP contribution in [-0.2, 0) is 0 Å². The van der Waals surface area contributed by atoms with Gasteiger partial charge in [-0.2, -0.15) is 0 Å². The van der Waals surface area contributed by atoms with Crippen LogP contribution in [0.4, 0.5) is 0 Å². The van der Waals surface area contributed by atoms with Gasteiger partial charge in [0.1, 0.15) is 5.75 Å². The fourth-order valence-corrected chi connectivity index (χ4v) is 2.62. The highest BCUT2D eigenvalue weighted by Crippen LogP contribution is 2.22. The quantitative estimate of drug-likeness (QED) is 0.661. The Balaban J connectivity index is 2.55. The molecule has 0 spiro atoms. The highest BCUT2D eigenvalue weighted by Gasteiger charge is 2.09. The lowest BCUT2D eigenvalue weighted by atomic mass is 10.3. The van der Waals surface area contributed by atoms with Gasteiger partial charge in [-0.3, -0.25) is 4.79 Å². The molecule has 0 unspecified atom stereocenters. The second kappa shape index (κ2) is 3.56. The van der Waals surface area contributed by atoms with E-state index in [0.717, 1.165) is 22.3 Å². The van der Waals surface area contributed by atoms with Crippen LogP contribution in [-0.4, -0.2) is 16.5 Å². The van der Waals surface area contributed by atoms with Gasteiger partial charge < -0.3 is 4.74 Å². The summed E-state index contributed by atoms with van der Waals surface area (Å²) in [6, 6.07) is 5.54. The third-order valence-electron chi connectivity index (χ3n) is 2.71. The van der Waals surface area contributed by atoms with Crippen LogP contribution in [0.3, 0.4) is 0 Å². The summed E-state index contributed by atoms with van der Waals surface area (Å²) in [5.74, 6) is 0.727. The molecule has 5 heteroatoms. The zero-order chi connectivity index (χ0) is 12.0. The Morgan fingerprint density at radius 1 is 1.41 bits per heavy atom. The summed E-state index contributed by atoms with van der Waals surface area (Å²) >= 11 is 1.47. The van der Waals surface area contributed by atoms with Gasteiger partial charge in [0.15, 0.2) is 4.96 Å². The highest BCUT2D eigenvalue weighted by molar-refractivity contribution is 7.15. The molecule has 17 heavy (non-hydrogen) atoms. The number of aryl methyl sites for hydroxylation is 1. The Bertz CT molecular complexity index is 773. The molecule has 0 amide bonds. The van der Waals surface area contributed by atoms with Crippen molar-refractivity contribution in [2.75, 3.05) is 7.11 Å². The summed E-state index contributed by atoms with van der Waals surface area (Å²) in [4.78, 5) is 17.2. The minimum atomic E-state index is -0.0190. The lowest BCUT2D eigenvalue weighted by Gasteiger charge is -1.99. The van der Waals surface area contributed by atoms with Crippen molar-refractivity contribution in [3.05, 3.63) is 39.5 Å².